The van der Waals surface area contributed by atoms with E-state index in [0.717, 1.165) is 16.6 Å². The van der Waals surface area contributed by atoms with E-state index in [-0.39, 0.29) is 12.4 Å². The zero-order valence-electron chi connectivity index (χ0n) is 13.7. The van der Waals surface area contributed by atoms with E-state index >= 15 is 0 Å². The molecule has 0 amide bonds. The Morgan fingerprint density at radius 2 is 1.79 bits per heavy atom. The number of esters is 1. The van der Waals surface area contributed by atoms with Gasteiger partial charge in [-0.15, -0.1) is 0 Å². The summed E-state index contributed by atoms with van der Waals surface area (Å²) in [7, 11) is 0. The minimum Gasteiger partial charge on any atom is -0.507 e. The Hall–Kier alpha value is -2.88. The highest BCUT2D eigenvalue weighted by Gasteiger charge is 2.23. The molecule has 1 aromatic heterocycles. The van der Waals surface area contributed by atoms with Crippen molar-refractivity contribution in [2.45, 2.75) is 20.3 Å². The molecule has 0 aliphatic rings. The molecule has 4 heteroatoms. The Kier molecular flexibility index (Phi) is 4.47. The molecule has 1 heterocycles. The van der Waals surface area contributed by atoms with Gasteiger partial charge in [-0.05, 0) is 25.5 Å². The predicted octanol–water partition coefficient (Wildman–Crippen LogP) is 4.35. The number of para-hydroxylation sites is 2. The number of nitrogens with zero attached hydrogens (tertiary/aromatic N) is 1. The topological polar surface area (TPSA) is 59.4 Å². The molecule has 4 nitrogen and oxygen atoms in total. The Balaban J connectivity index is 2.43. The number of carbonyl (C=O) groups is 1. The van der Waals surface area contributed by atoms with E-state index in [1.165, 1.54) is 0 Å². The molecule has 2 aromatic carbocycles. The van der Waals surface area contributed by atoms with Gasteiger partial charge in [-0.25, -0.2) is 4.79 Å². The summed E-state index contributed by atoms with van der Waals surface area (Å²) in [6, 6.07) is 14.5. The molecule has 1 N–H and O–H groups in total. The van der Waals surface area contributed by atoms with Crippen LogP contribution in [0.3, 0.4) is 0 Å². The zero-order valence-corrected chi connectivity index (χ0v) is 13.7. The fraction of sp³-hybridized carbons (Fsp3) is 0.200. The average molecular weight is 321 g/mol. The number of aromatic hydroxyl groups is 1. The van der Waals surface area contributed by atoms with Crippen LogP contribution < -0.4 is 0 Å². The SMILES string of the molecule is CCOC(=O)c1c(-c2ccccc2O)c(CC)nc2ccccc12. The smallest absolute Gasteiger partial charge is 0.339 e. The second-order valence-corrected chi connectivity index (χ2v) is 5.42. The summed E-state index contributed by atoms with van der Waals surface area (Å²) >= 11 is 0. The second-order valence-electron chi connectivity index (χ2n) is 5.42. The molecule has 0 aliphatic carbocycles. The fourth-order valence-electron chi connectivity index (χ4n) is 2.91. The molecule has 0 saturated carbocycles. The lowest BCUT2D eigenvalue weighted by Gasteiger charge is -2.16. The Morgan fingerprint density at radius 1 is 1.08 bits per heavy atom. The highest BCUT2D eigenvalue weighted by molar-refractivity contribution is 6.10. The van der Waals surface area contributed by atoms with Crippen molar-refractivity contribution < 1.29 is 14.6 Å². The molecule has 3 aromatic rings. The Morgan fingerprint density at radius 3 is 2.50 bits per heavy atom. The van der Waals surface area contributed by atoms with Crippen molar-refractivity contribution in [3.8, 4) is 16.9 Å². The van der Waals surface area contributed by atoms with Gasteiger partial charge in [0, 0.05) is 22.2 Å². The summed E-state index contributed by atoms with van der Waals surface area (Å²) in [6.45, 7) is 4.05. The number of fused-ring (bicyclic) bond motifs is 1. The third kappa shape index (κ3) is 2.71. The van der Waals surface area contributed by atoms with Crippen LogP contribution in [0.15, 0.2) is 48.5 Å². The van der Waals surface area contributed by atoms with Gasteiger partial charge < -0.3 is 9.84 Å². The number of phenols is 1. The maximum absolute atomic E-state index is 12.7. The van der Waals surface area contributed by atoms with Crippen molar-refractivity contribution in [3.63, 3.8) is 0 Å². The Labute approximate surface area is 140 Å². The van der Waals surface area contributed by atoms with Crippen molar-refractivity contribution in [2.24, 2.45) is 0 Å². The predicted molar refractivity (Wildman–Crippen MR) is 94.2 cm³/mol. The molecule has 0 aliphatic heterocycles. The maximum atomic E-state index is 12.7. The van der Waals surface area contributed by atoms with Gasteiger partial charge in [0.2, 0.25) is 0 Å². The third-order valence-electron chi connectivity index (χ3n) is 3.96. The first-order chi connectivity index (χ1) is 11.7. The van der Waals surface area contributed by atoms with Crippen LogP contribution in [0.25, 0.3) is 22.0 Å². The first-order valence-electron chi connectivity index (χ1n) is 8.04. The first-order valence-corrected chi connectivity index (χ1v) is 8.04. The van der Waals surface area contributed by atoms with Gasteiger partial charge in [-0.2, -0.15) is 0 Å². The number of rotatable bonds is 4. The Bertz CT molecular complexity index is 903. The van der Waals surface area contributed by atoms with Crippen molar-refractivity contribution >= 4 is 16.9 Å². The minimum atomic E-state index is -0.399. The fourth-order valence-corrected chi connectivity index (χ4v) is 2.91. The number of pyridine rings is 1. The standard InChI is InChI=1S/C20H19NO3/c1-3-15-18(14-10-6-8-12-17(14)22)19(20(23)24-4-2)13-9-5-7-11-16(13)21-15/h5-12,22H,3-4H2,1-2H3. The lowest BCUT2D eigenvalue weighted by molar-refractivity contribution is 0.0529. The number of aromatic nitrogens is 1. The summed E-state index contributed by atoms with van der Waals surface area (Å²) in [5.74, 6) is -0.279. The average Bonchev–Trinajstić information content (AvgIpc) is 2.60. The summed E-state index contributed by atoms with van der Waals surface area (Å²) in [6.07, 6.45) is 0.640. The van der Waals surface area contributed by atoms with Crippen LogP contribution in [0, 0.1) is 0 Å². The van der Waals surface area contributed by atoms with E-state index in [0.29, 0.717) is 23.1 Å². The van der Waals surface area contributed by atoms with E-state index in [1.807, 2.05) is 37.3 Å². The van der Waals surface area contributed by atoms with Crippen molar-refractivity contribution in [1.29, 1.82) is 0 Å². The summed E-state index contributed by atoms with van der Waals surface area (Å²) in [5, 5.41) is 11.0. The van der Waals surface area contributed by atoms with E-state index < -0.39 is 5.97 Å². The summed E-state index contributed by atoms with van der Waals surface area (Å²) in [4.78, 5) is 17.4. The van der Waals surface area contributed by atoms with Crippen LogP contribution in [0.2, 0.25) is 0 Å². The number of aryl methyl sites for hydroxylation is 1. The van der Waals surface area contributed by atoms with Gasteiger partial charge in [0.15, 0.2) is 0 Å². The van der Waals surface area contributed by atoms with Crippen molar-refractivity contribution in [2.75, 3.05) is 6.61 Å². The van der Waals surface area contributed by atoms with Crippen LogP contribution in [0.5, 0.6) is 5.75 Å². The van der Waals surface area contributed by atoms with Crippen LogP contribution in [0.1, 0.15) is 29.9 Å². The van der Waals surface area contributed by atoms with Gasteiger partial charge in [-0.1, -0.05) is 43.3 Å². The third-order valence-corrected chi connectivity index (χ3v) is 3.96. The zero-order chi connectivity index (χ0) is 17.1. The van der Waals surface area contributed by atoms with Gasteiger partial charge in [-0.3, -0.25) is 4.98 Å². The van der Waals surface area contributed by atoms with Crippen LogP contribution in [-0.2, 0) is 11.2 Å². The molecule has 24 heavy (non-hydrogen) atoms. The van der Waals surface area contributed by atoms with Crippen LogP contribution in [0.4, 0.5) is 0 Å². The van der Waals surface area contributed by atoms with Gasteiger partial charge in [0.25, 0.3) is 0 Å². The minimum absolute atomic E-state index is 0.120. The summed E-state index contributed by atoms with van der Waals surface area (Å²) in [5.41, 5.74) is 3.21. The van der Waals surface area contributed by atoms with Gasteiger partial charge in [0.1, 0.15) is 5.75 Å². The van der Waals surface area contributed by atoms with Crippen molar-refractivity contribution in [1.82, 2.24) is 4.98 Å². The van der Waals surface area contributed by atoms with Gasteiger partial charge in [0.05, 0.1) is 17.7 Å². The van der Waals surface area contributed by atoms with E-state index in [9.17, 15) is 9.90 Å². The molecule has 122 valence electrons. The lowest BCUT2D eigenvalue weighted by atomic mass is 9.93. The molecule has 0 saturated heterocycles. The normalized spacial score (nSPS) is 10.8. The quantitative estimate of drug-likeness (QED) is 0.726. The highest BCUT2D eigenvalue weighted by Crippen LogP contribution is 2.37. The van der Waals surface area contributed by atoms with Crippen LogP contribution in [-0.4, -0.2) is 22.7 Å². The molecular formula is C20H19NO3. The molecule has 0 spiro atoms. The number of hydrogen-bond donors (Lipinski definition) is 1. The second kappa shape index (κ2) is 6.71. The number of phenolic OH excluding ortho intramolecular Hbond substituents is 1. The number of hydrogen-bond acceptors (Lipinski definition) is 4. The van der Waals surface area contributed by atoms with Gasteiger partial charge >= 0.3 is 5.97 Å². The number of benzene rings is 2. The molecule has 0 unspecified atom stereocenters. The van der Waals surface area contributed by atoms with Crippen molar-refractivity contribution in [3.05, 3.63) is 59.8 Å². The lowest BCUT2D eigenvalue weighted by Crippen LogP contribution is -2.10. The monoisotopic (exact) mass is 321 g/mol. The molecule has 0 radical (unpaired) electrons. The van der Waals surface area contributed by atoms with E-state index in [2.05, 4.69) is 0 Å². The molecule has 0 fully saturated rings. The maximum Gasteiger partial charge on any atom is 0.339 e. The molecule has 3 rings (SSSR count). The largest absolute Gasteiger partial charge is 0.507 e. The summed E-state index contributed by atoms with van der Waals surface area (Å²) < 4.78 is 5.29. The molecule has 0 bridgehead atoms. The van der Waals surface area contributed by atoms with E-state index in [4.69, 9.17) is 9.72 Å². The van der Waals surface area contributed by atoms with E-state index in [1.54, 1.807) is 25.1 Å². The van der Waals surface area contributed by atoms with Crippen LogP contribution >= 0.6 is 0 Å². The number of ether oxygens (including phenoxy) is 1. The first kappa shape index (κ1) is 16.0. The molecule has 0 atom stereocenters. The number of carbonyl (C=O) groups excluding carboxylic acids is 1. The highest BCUT2D eigenvalue weighted by atomic mass is 16.5. The molecular weight excluding hydrogens is 302 g/mol.